The number of hydrogen-bond donors (Lipinski definition) is 1. The summed E-state index contributed by atoms with van der Waals surface area (Å²) in [6.45, 7) is 9.43. The fraction of sp³-hybridized carbons (Fsp3) is 0.350. The molecule has 142 valence electrons. The Labute approximate surface area is 157 Å². The van der Waals surface area contributed by atoms with Crippen LogP contribution in [0.5, 0.6) is 0 Å². The SMILES string of the molecule is CCOC(=O)c1c[nH]n2c(=O)cc(CN(CC)c3ccc(C)cc3C)nc12. The van der Waals surface area contributed by atoms with Crippen molar-refractivity contribution in [3.63, 3.8) is 0 Å². The van der Waals surface area contributed by atoms with E-state index >= 15 is 0 Å². The minimum atomic E-state index is -0.498. The molecule has 3 aromatic rings. The number of esters is 1. The lowest BCUT2D eigenvalue weighted by Crippen LogP contribution is -2.26. The summed E-state index contributed by atoms with van der Waals surface area (Å²) in [6.07, 6.45) is 1.45. The fourth-order valence-electron chi connectivity index (χ4n) is 3.19. The number of H-pyrrole nitrogens is 1. The molecule has 0 unspecified atom stereocenters. The monoisotopic (exact) mass is 368 g/mol. The number of fused-ring (bicyclic) bond motifs is 1. The van der Waals surface area contributed by atoms with Gasteiger partial charge in [-0.05, 0) is 39.3 Å². The zero-order chi connectivity index (χ0) is 19.6. The summed E-state index contributed by atoms with van der Waals surface area (Å²) < 4.78 is 6.30. The van der Waals surface area contributed by atoms with Gasteiger partial charge in [0.2, 0.25) is 0 Å². The van der Waals surface area contributed by atoms with Crippen LogP contribution in [-0.2, 0) is 11.3 Å². The van der Waals surface area contributed by atoms with Crippen molar-refractivity contribution in [2.45, 2.75) is 34.2 Å². The van der Waals surface area contributed by atoms with E-state index in [1.54, 1.807) is 6.92 Å². The van der Waals surface area contributed by atoms with Crippen LogP contribution >= 0.6 is 0 Å². The summed E-state index contributed by atoms with van der Waals surface area (Å²) in [4.78, 5) is 31.2. The first kappa shape index (κ1) is 18.7. The highest BCUT2D eigenvalue weighted by atomic mass is 16.5. The van der Waals surface area contributed by atoms with Gasteiger partial charge in [-0.2, -0.15) is 0 Å². The molecule has 0 bridgehead atoms. The van der Waals surface area contributed by atoms with Crippen molar-refractivity contribution in [2.24, 2.45) is 0 Å². The van der Waals surface area contributed by atoms with Crippen LogP contribution in [0.25, 0.3) is 5.65 Å². The van der Waals surface area contributed by atoms with Crippen LogP contribution in [0.1, 0.15) is 41.0 Å². The fourth-order valence-corrected chi connectivity index (χ4v) is 3.19. The second kappa shape index (κ2) is 7.65. The number of aryl methyl sites for hydroxylation is 2. The molecule has 27 heavy (non-hydrogen) atoms. The third-order valence-corrected chi connectivity index (χ3v) is 4.47. The molecule has 0 atom stereocenters. The standard InChI is InChI=1S/C20H24N4O3/c1-5-23(17-8-7-13(3)9-14(17)4)12-15-10-18(25)24-19(22-15)16(11-21-24)20(26)27-6-2/h7-11,21H,5-6,12H2,1-4H3. The average Bonchev–Trinajstić information content (AvgIpc) is 3.05. The van der Waals surface area contributed by atoms with Crippen molar-refractivity contribution >= 4 is 17.3 Å². The van der Waals surface area contributed by atoms with Crippen molar-refractivity contribution in [3.8, 4) is 0 Å². The molecule has 1 aromatic carbocycles. The Kier molecular flexibility index (Phi) is 5.30. The van der Waals surface area contributed by atoms with E-state index < -0.39 is 5.97 Å². The van der Waals surface area contributed by atoms with Crippen molar-refractivity contribution in [2.75, 3.05) is 18.1 Å². The van der Waals surface area contributed by atoms with Gasteiger partial charge in [0, 0.05) is 24.5 Å². The molecule has 3 rings (SSSR count). The van der Waals surface area contributed by atoms with E-state index in [1.807, 2.05) is 0 Å². The average molecular weight is 368 g/mol. The van der Waals surface area contributed by atoms with E-state index in [-0.39, 0.29) is 23.4 Å². The number of nitrogens with zero attached hydrogens (tertiary/aromatic N) is 3. The third-order valence-electron chi connectivity index (χ3n) is 4.47. The van der Waals surface area contributed by atoms with Gasteiger partial charge in [0.05, 0.1) is 18.8 Å². The van der Waals surface area contributed by atoms with Gasteiger partial charge < -0.3 is 9.64 Å². The molecule has 1 N–H and O–H groups in total. The lowest BCUT2D eigenvalue weighted by Gasteiger charge is -2.25. The second-order valence-corrected chi connectivity index (χ2v) is 6.46. The van der Waals surface area contributed by atoms with Gasteiger partial charge in [0.15, 0.2) is 5.65 Å². The summed E-state index contributed by atoms with van der Waals surface area (Å²) in [5.74, 6) is -0.498. The molecule has 0 aliphatic rings. The molecular weight excluding hydrogens is 344 g/mol. The number of aromatic amines is 1. The van der Waals surface area contributed by atoms with Gasteiger partial charge in [-0.25, -0.2) is 14.3 Å². The molecule has 0 aliphatic carbocycles. The van der Waals surface area contributed by atoms with Crippen molar-refractivity contribution < 1.29 is 9.53 Å². The lowest BCUT2D eigenvalue weighted by molar-refractivity contribution is 0.0528. The smallest absolute Gasteiger partial charge is 0.343 e. The number of benzene rings is 1. The number of carbonyl (C=O) groups is 1. The van der Waals surface area contributed by atoms with Crippen LogP contribution in [0.15, 0.2) is 35.3 Å². The van der Waals surface area contributed by atoms with Crippen LogP contribution in [0.2, 0.25) is 0 Å². The largest absolute Gasteiger partial charge is 0.462 e. The molecule has 0 radical (unpaired) electrons. The van der Waals surface area contributed by atoms with Gasteiger partial charge in [-0.1, -0.05) is 17.7 Å². The Morgan fingerprint density at radius 2 is 2.04 bits per heavy atom. The summed E-state index contributed by atoms with van der Waals surface area (Å²) >= 11 is 0. The predicted octanol–water partition coefficient (Wildman–Crippen LogP) is 2.84. The number of ether oxygens (including phenoxy) is 1. The molecule has 0 aliphatic heterocycles. The molecule has 2 aromatic heterocycles. The summed E-state index contributed by atoms with van der Waals surface area (Å²) in [5, 5.41) is 2.76. The first-order chi connectivity index (χ1) is 12.9. The minimum Gasteiger partial charge on any atom is -0.462 e. The molecule has 2 heterocycles. The molecule has 0 saturated heterocycles. The Morgan fingerprint density at radius 1 is 1.26 bits per heavy atom. The van der Waals surface area contributed by atoms with Gasteiger partial charge in [-0.3, -0.25) is 9.89 Å². The zero-order valence-corrected chi connectivity index (χ0v) is 16.1. The van der Waals surface area contributed by atoms with E-state index in [4.69, 9.17) is 4.74 Å². The first-order valence-electron chi connectivity index (χ1n) is 9.04. The van der Waals surface area contributed by atoms with Gasteiger partial charge in [0.25, 0.3) is 5.56 Å². The van der Waals surface area contributed by atoms with Crippen LogP contribution in [0.3, 0.4) is 0 Å². The molecule has 0 saturated carbocycles. The van der Waals surface area contributed by atoms with E-state index in [2.05, 4.69) is 54.0 Å². The molecule has 0 amide bonds. The quantitative estimate of drug-likeness (QED) is 0.677. The van der Waals surface area contributed by atoms with Crippen molar-refractivity contribution in [1.29, 1.82) is 0 Å². The number of aromatic nitrogens is 3. The maximum atomic E-state index is 12.4. The van der Waals surface area contributed by atoms with Crippen LogP contribution in [0, 0.1) is 13.8 Å². The number of rotatable bonds is 6. The molecule has 0 fully saturated rings. The van der Waals surface area contributed by atoms with E-state index in [0.29, 0.717) is 12.2 Å². The highest BCUT2D eigenvalue weighted by Crippen LogP contribution is 2.22. The van der Waals surface area contributed by atoms with E-state index in [9.17, 15) is 9.59 Å². The maximum absolute atomic E-state index is 12.4. The third kappa shape index (κ3) is 3.72. The zero-order valence-electron chi connectivity index (χ0n) is 16.1. The van der Waals surface area contributed by atoms with Gasteiger partial charge in [-0.15, -0.1) is 0 Å². The van der Waals surface area contributed by atoms with Gasteiger partial charge in [0.1, 0.15) is 5.56 Å². The topological polar surface area (TPSA) is 79.7 Å². The summed E-state index contributed by atoms with van der Waals surface area (Å²) in [5.41, 5.74) is 4.36. The minimum absolute atomic E-state index is 0.255. The van der Waals surface area contributed by atoms with Crippen LogP contribution in [-0.4, -0.2) is 33.7 Å². The normalized spacial score (nSPS) is 11.0. The Balaban J connectivity index is 1.99. The molecule has 7 nitrogen and oxygen atoms in total. The van der Waals surface area contributed by atoms with Crippen molar-refractivity contribution in [3.05, 3.63) is 63.2 Å². The Hall–Kier alpha value is -3.09. The summed E-state index contributed by atoms with van der Waals surface area (Å²) in [7, 11) is 0. The highest BCUT2D eigenvalue weighted by Gasteiger charge is 2.17. The van der Waals surface area contributed by atoms with Crippen molar-refractivity contribution in [1.82, 2.24) is 14.6 Å². The second-order valence-electron chi connectivity index (χ2n) is 6.46. The number of hydrogen-bond acceptors (Lipinski definition) is 5. The van der Waals surface area contributed by atoms with Crippen LogP contribution in [0.4, 0.5) is 5.69 Å². The number of nitrogens with one attached hydrogen (secondary N) is 1. The van der Waals surface area contributed by atoms with Gasteiger partial charge >= 0.3 is 5.97 Å². The molecule has 7 heteroatoms. The van der Waals surface area contributed by atoms with E-state index in [1.165, 1.54) is 27.9 Å². The van der Waals surface area contributed by atoms with E-state index in [0.717, 1.165) is 12.2 Å². The Morgan fingerprint density at radius 3 is 2.70 bits per heavy atom. The maximum Gasteiger partial charge on any atom is 0.343 e. The number of anilines is 1. The first-order valence-corrected chi connectivity index (χ1v) is 9.04. The highest BCUT2D eigenvalue weighted by molar-refractivity contribution is 5.95. The Bertz CT molecular complexity index is 1040. The molecular formula is C20H24N4O3. The van der Waals surface area contributed by atoms with Crippen LogP contribution < -0.4 is 10.5 Å². The molecule has 0 spiro atoms. The lowest BCUT2D eigenvalue weighted by atomic mass is 10.1. The predicted molar refractivity (Wildman–Crippen MR) is 104 cm³/mol. The summed E-state index contributed by atoms with van der Waals surface area (Å²) in [6, 6.07) is 7.78. The number of carbonyl (C=O) groups excluding carboxylic acids is 1.